The molecule has 6 heteroatoms. The molecule has 2 atom stereocenters. The number of nitrogens with one attached hydrogen (secondary N) is 2. The van der Waals surface area contributed by atoms with Gasteiger partial charge in [-0.15, -0.1) is 0 Å². The fourth-order valence-corrected chi connectivity index (χ4v) is 4.64. The van der Waals surface area contributed by atoms with E-state index in [4.69, 9.17) is 0 Å². The average molecular weight is 422 g/mol. The number of carbonyl (C=O) groups excluding carboxylic acids is 2. The molecule has 0 radical (unpaired) electrons. The Kier molecular flexibility index (Phi) is 6.87. The third-order valence-electron chi connectivity index (χ3n) is 6.28. The van der Waals surface area contributed by atoms with Crippen molar-refractivity contribution in [2.75, 3.05) is 11.9 Å². The highest BCUT2D eigenvalue weighted by atomic mass is 16.3. The maximum Gasteiger partial charge on any atom is 0.256 e. The van der Waals surface area contributed by atoms with E-state index in [0.717, 1.165) is 32.1 Å². The molecule has 6 nitrogen and oxygen atoms in total. The van der Waals surface area contributed by atoms with Gasteiger partial charge in [0.15, 0.2) is 12.3 Å². The molecule has 2 amide bonds. The number of hydrogen-bond donors (Lipinski definition) is 3. The number of para-hydroxylation sites is 1. The first-order valence-electron chi connectivity index (χ1n) is 11.3. The third-order valence-corrected chi connectivity index (χ3v) is 6.28. The predicted molar refractivity (Wildman–Crippen MR) is 121 cm³/mol. The molecule has 1 fully saturated rings. The van der Waals surface area contributed by atoms with Gasteiger partial charge in [-0.1, -0.05) is 61.7 Å². The van der Waals surface area contributed by atoms with Crippen LogP contribution in [0.3, 0.4) is 0 Å². The summed E-state index contributed by atoms with van der Waals surface area (Å²) in [5, 5.41) is 17.0. The van der Waals surface area contributed by atoms with Crippen molar-refractivity contribution in [1.29, 1.82) is 0 Å². The lowest BCUT2D eigenvalue weighted by Gasteiger charge is -2.33. The summed E-state index contributed by atoms with van der Waals surface area (Å²) in [6.07, 6.45) is 5.62. The number of nitrogens with zero attached hydrogens (tertiary/aromatic N) is 1. The normalized spacial score (nSPS) is 21.7. The van der Waals surface area contributed by atoms with E-state index < -0.39 is 12.3 Å². The first-order valence-corrected chi connectivity index (χ1v) is 11.3. The Labute approximate surface area is 183 Å². The van der Waals surface area contributed by atoms with Gasteiger partial charge in [0, 0.05) is 18.3 Å². The van der Waals surface area contributed by atoms with Crippen molar-refractivity contribution >= 4 is 17.5 Å². The Bertz CT molecular complexity index is 896. The number of fused-ring (bicyclic) bond motifs is 1. The molecule has 0 bridgehead atoms. The van der Waals surface area contributed by atoms with Crippen LogP contribution in [-0.4, -0.2) is 46.7 Å². The molecule has 0 spiro atoms. The maximum absolute atomic E-state index is 13.4. The van der Waals surface area contributed by atoms with Gasteiger partial charge in [0.1, 0.15) is 0 Å². The minimum absolute atomic E-state index is 0.111. The highest BCUT2D eigenvalue weighted by Gasteiger charge is 2.40. The van der Waals surface area contributed by atoms with E-state index in [1.165, 1.54) is 12.0 Å². The molecule has 164 valence electrons. The summed E-state index contributed by atoms with van der Waals surface area (Å²) in [7, 11) is 0. The molecule has 1 heterocycles. The van der Waals surface area contributed by atoms with Gasteiger partial charge in [0.05, 0.1) is 5.56 Å². The van der Waals surface area contributed by atoms with Crippen LogP contribution in [0.15, 0.2) is 54.6 Å². The lowest BCUT2D eigenvalue weighted by Crippen LogP contribution is -2.58. The number of aryl methyl sites for hydroxylation is 1. The second kappa shape index (κ2) is 9.96. The summed E-state index contributed by atoms with van der Waals surface area (Å²) < 4.78 is 0. The summed E-state index contributed by atoms with van der Waals surface area (Å²) in [5.74, 6) is -0.510. The van der Waals surface area contributed by atoms with Crippen molar-refractivity contribution in [2.24, 2.45) is 0 Å². The highest BCUT2D eigenvalue weighted by Crippen LogP contribution is 2.26. The van der Waals surface area contributed by atoms with Gasteiger partial charge in [-0.05, 0) is 43.4 Å². The van der Waals surface area contributed by atoms with E-state index in [1.807, 2.05) is 24.3 Å². The lowest BCUT2D eigenvalue weighted by atomic mass is 9.95. The van der Waals surface area contributed by atoms with Gasteiger partial charge in [0.2, 0.25) is 5.91 Å². The van der Waals surface area contributed by atoms with Crippen molar-refractivity contribution in [2.45, 2.75) is 63.3 Å². The molecular weight excluding hydrogens is 390 g/mol. The molecule has 1 aliphatic carbocycles. The number of aliphatic hydroxyl groups excluding tert-OH is 1. The smallest absolute Gasteiger partial charge is 0.256 e. The number of benzene rings is 2. The molecular formula is C25H31N3O3. The highest BCUT2D eigenvalue weighted by molar-refractivity contribution is 6.03. The van der Waals surface area contributed by atoms with Crippen LogP contribution >= 0.6 is 0 Å². The molecule has 1 aliphatic heterocycles. The van der Waals surface area contributed by atoms with E-state index in [1.54, 1.807) is 23.1 Å². The van der Waals surface area contributed by atoms with Crippen LogP contribution in [0.4, 0.5) is 5.69 Å². The quantitative estimate of drug-likeness (QED) is 0.668. The van der Waals surface area contributed by atoms with Gasteiger partial charge < -0.3 is 20.6 Å². The second-order valence-electron chi connectivity index (χ2n) is 8.51. The molecule has 2 aliphatic rings. The molecule has 2 aromatic carbocycles. The summed E-state index contributed by atoms with van der Waals surface area (Å²) in [6, 6.07) is 16.3. The van der Waals surface area contributed by atoms with Gasteiger partial charge in [-0.25, -0.2) is 0 Å². The standard InChI is InChI=1S/C25H31N3O3/c29-23(26-19-13-5-2-6-14-19)22-24(30)27-21-16-8-7-15-20(21)25(31)28(22)17-9-12-18-10-3-1-4-11-18/h1,3-4,7-8,10-11,15-16,19,22,24,27,30H,2,5-6,9,12-14,17H2,(H,26,29). The predicted octanol–water partition coefficient (Wildman–Crippen LogP) is 3.32. The van der Waals surface area contributed by atoms with Crippen molar-refractivity contribution in [1.82, 2.24) is 10.2 Å². The van der Waals surface area contributed by atoms with Crippen LogP contribution < -0.4 is 10.6 Å². The Morgan fingerprint density at radius 1 is 1.03 bits per heavy atom. The van der Waals surface area contributed by atoms with Crippen LogP contribution in [0.2, 0.25) is 0 Å². The fourth-order valence-electron chi connectivity index (χ4n) is 4.64. The fraction of sp³-hybridized carbons (Fsp3) is 0.440. The Balaban J connectivity index is 1.54. The van der Waals surface area contributed by atoms with Crippen LogP contribution in [0, 0.1) is 0 Å². The number of hydrogen-bond acceptors (Lipinski definition) is 4. The molecule has 3 N–H and O–H groups in total. The number of anilines is 1. The van der Waals surface area contributed by atoms with Crippen LogP contribution in [-0.2, 0) is 11.2 Å². The van der Waals surface area contributed by atoms with Crippen molar-refractivity contribution < 1.29 is 14.7 Å². The Hall–Kier alpha value is -2.86. The summed E-state index contributed by atoms with van der Waals surface area (Å²) in [5.41, 5.74) is 2.22. The lowest BCUT2D eigenvalue weighted by molar-refractivity contribution is -0.129. The number of amides is 2. The summed E-state index contributed by atoms with van der Waals surface area (Å²) in [6.45, 7) is 0.392. The summed E-state index contributed by atoms with van der Waals surface area (Å²) in [4.78, 5) is 28.2. The number of rotatable bonds is 6. The van der Waals surface area contributed by atoms with Gasteiger partial charge in [-0.2, -0.15) is 0 Å². The maximum atomic E-state index is 13.4. The van der Waals surface area contributed by atoms with Gasteiger partial charge >= 0.3 is 0 Å². The van der Waals surface area contributed by atoms with E-state index in [2.05, 4.69) is 22.8 Å². The number of aliphatic hydroxyl groups is 1. The van der Waals surface area contributed by atoms with Crippen LogP contribution in [0.5, 0.6) is 0 Å². The first kappa shape index (κ1) is 21.4. The minimum atomic E-state index is -1.17. The Morgan fingerprint density at radius 2 is 1.74 bits per heavy atom. The molecule has 0 saturated heterocycles. The zero-order valence-electron chi connectivity index (χ0n) is 17.8. The number of carbonyl (C=O) groups is 2. The zero-order valence-corrected chi connectivity index (χ0v) is 17.8. The molecule has 1 saturated carbocycles. The van der Waals surface area contributed by atoms with Gasteiger partial charge in [0.25, 0.3) is 5.91 Å². The monoisotopic (exact) mass is 421 g/mol. The third kappa shape index (κ3) is 5.07. The molecule has 0 aromatic heterocycles. The molecule has 2 aromatic rings. The molecule has 4 rings (SSSR count). The van der Waals surface area contributed by atoms with Crippen molar-refractivity contribution in [3.05, 3.63) is 65.7 Å². The van der Waals surface area contributed by atoms with E-state index in [-0.39, 0.29) is 17.9 Å². The molecule has 31 heavy (non-hydrogen) atoms. The van der Waals surface area contributed by atoms with E-state index >= 15 is 0 Å². The second-order valence-corrected chi connectivity index (χ2v) is 8.51. The van der Waals surface area contributed by atoms with Gasteiger partial charge in [-0.3, -0.25) is 9.59 Å². The first-order chi connectivity index (χ1) is 15.1. The van der Waals surface area contributed by atoms with Crippen molar-refractivity contribution in [3.63, 3.8) is 0 Å². The van der Waals surface area contributed by atoms with Crippen LogP contribution in [0.25, 0.3) is 0 Å². The Morgan fingerprint density at radius 3 is 2.52 bits per heavy atom. The van der Waals surface area contributed by atoms with Crippen LogP contribution in [0.1, 0.15) is 54.4 Å². The van der Waals surface area contributed by atoms with Crippen molar-refractivity contribution in [3.8, 4) is 0 Å². The SMILES string of the molecule is O=C(NC1CCCCC1)C1C(O)Nc2ccccc2C(=O)N1CCCc1ccccc1. The zero-order chi connectivity index (χ0) is 21.6. The molecule has 2 unspecified atom stereocenters. The topological polar surface area (TPSA) is 81.7 Å². The minimum Gasteiger partial charge on any atom is -0.371 e. The average Bonchev–Trinajstić information content (AvgIpc) is 2.89. The van der Waals surface area contributed by atoms with E-state index in [0.29, 0.717) is 24.2 Å². The van der Waals surface area contributed by atoms with E-state index in [9.17, 15) is 14.7 Å². The summed E-state index contributed by atoms with van der Waals surface area (Å²) >= 11 is 0. The largest absolute Gasteiger partial charge is 0.371 e.